The van der Waals surface area contributed by atoms with E-state index in [0.29, 0.717) is 41.0 Å². The Balaban J connectivity index is 1.78. The summed E-state index contributed by atoms with van der Waals surface area (Å²) in [6.07, 6.45) is 3.39. The highest BCUT2D eigenvalue weighted by molar-refractivity contribution is 9.10. The molecule has 0 atom stereocenters. The zero-order chi connectivity index (χ0) is 22.9. The second-order valence-electron chi connectivity index (χ2n) is 8.77. The summed E-state index contributed by atoms with van der Waals surface area (Å²) in [4.78, 5) is 13.7. The van der Waals surface area contributed by atoms with Crippen LogP contribution in [0.1, 0.15) is 0 Å². The molecule has 166 valence electrons. The number of hydrogen-bond acceptors (Lipinski definition) is 4. The topological polar surface area (TPSA) is 52.8 Å². The zero-order valence-corrected chi connectivity index (χ0v) is 21.4. The lowest BCUT2D eigenvalue weighted by molar-refractivity contribution is 0.0882. The highest BCUT2D eigenvalue weighted by Crippen LogP contribution is 2.34. The number of halogens is 3. The maximum absolute atomic E-state index is 14.7. The van der Waals surface area contributed by atoms with Gasteiger partial charge in [-0.25, -0.2) is 14.4 Å². The third-order valence-electron chi connectivity index (χ3n) is 4.99. The third-order valence-corrected chi connectivity index (χ3v) is 7.37. The van der Waals surface area contributed by atoms with Crippen LogP contribution in [0.15, 0.2) is 53.4 Å². The molecule has 32 heavy (non-hydrogen) atoms. The molecule has 0 unspecified atom stereocenters. The minimum absolute atomic E-state index is 0.297. The van der Waals surface area contributed by atoms with Crippen molar-refractivity contribution in [2.45, 2.75) is 32.4 Å². The van der Waals surface area contributed by atoms with Gasteiger partial charge in [0, 0.05) is 35.9 Å². The fraction of sp³-hybridized carbons (Fsp3) is 0.261. The molecule has 0 bridgehead atoms. The van der Waals surface area contributed by atoms with Crippen molar-refractivity contribution in [3.05, 3.63) is 64.2 Å². The maximum Gasteiger partial charge on any atom is 0.132 e. The first-order valence-corrected chi connectivity index (χ1v) is 15.1. The van der Waals surface area contributed by atoms with Crippen molar-refractivity contribution in [2.24, 2.45) is 0 Å². The Morgan fingerprint density at radius 2 is 1.91 bits per heavy atom. The van der Waals surface area contributed by atoms with Gasteiger partial charge in [0.05, 0.1) is 28.7 Å². The highest BCUT2D eigenvalue weighted by atomic mass is 79.9. The van der Waals surface area contributed by atoms with E-state index in [9.17, 15) is 4.39 Å². The third kappa shape index (κ3) is 5.26. The van der Waals surface area contributed by atoms with E-state index in [1.165, 1.54) is 12.1 Å². The van der Waals surface area contributed by atoms with E-state index in [1.807, 2.05) is 22.8 Å². The van der Waals surface area contributed by atoms with Crippen molar-refractivity contribution in [2.75, 3.05) is 6.61 Å². The van der Waals surface area contributed by atoms with Crippen molar-refractivity contribution < 1.29 is 9.13 Å². The van der Waals surface area contributed by atoms with E-state index >= 15 is 0 Å². The molecule has 0 saturated carbocycles. The van der Waals surface area contributed by atoms with Gasteiger partial charge in [0.1, 0.15) is 18.2 Å². The molecular formula is C23H23BrClFN4OSi. The van der Waals surface area contributed by atoms with E-state index in [4.69, 9.17) is 21.3 Å². The van der Waals surface area contributed by atoms with Crippen LogP contribution in [-0.4, -0.2) is 34.2 Å². The molecule has 0 radical (unpaired) electrons. The summed E-state index contributed by atoms with van der Waals surface area (Å²) < 4.78 is 23.4. The number of rotatable bonds is 7. The summed E-state index contributed by atoms with van der Waals surface area (Å²) >= 11 is 9.61. The molecule has 0 N–H and O–H groups in total. The maximum atomic E-state index is 14.7. The van der Waals surface area contributed by atoms with Crippen LogP contribution < -0.4 is 0 Å². The molecule has 0 aliphatic rings. The zero-order valence-electron chi connectivity index (χ0n) is 18.1. The number of aromatic nitrogens is 4. The minimum atomic E-state index is -1.21. The summed E-state index contributed by atoms with van der Waals surface area (Å²) in [6.45, 7) is 7.89. The fourth-order valence-electron chi connectivity index (χ4n) is 3.28. The Morgan fingerprint density at radius 1 is 1.09 bits per heavy atom. The van der Waals surface area contributed by atoms with Crippen LogP contribution in [0.3, 0.4) is 0 Å². The average Bonchev–Trinajstić information content (AvgIpc) is 3.15. The lowest BCUT2D eigenvalue weighted by Gasteiger charge is -2.16. The monoisotopic (exact) mass is 532 g/mol. The number of nitrogens with zero attached hydrogens (tertiary/aromatic N) is 4. The van der Waals surface area contributed by atoms with Gasteiger partial charge in [0.25, 0.3) is 0 Å². The molecule has 0 spiro atoms. The van der Waals surface area contributed by atoms with Crippen LogP contribution in [0.5, 0.6) is 0 Å². The van der Waals surface area contributed by atoms with Crippen LogP contribution >= 0.6 is 27.5 Å². The number of ether oxygens (including phenoxy) is 1. The Hall–Kier alpha value is -2.13. The Morgan fingerprint density at radius 3 is 2.69 bits per heavy atom. The van der Waals surface area contributed by atoms with Crippen molar-refractivity contribution in [1.82, 2.24) is 19.5 Å². The van der Waals surface area contributed by atoms with Gasteiger partial charge >= 0.3 is 0 Å². The summed E-state index contributed by atoms with van der Waals surface area (Å²) in [7, 11) is -1.21. The smallest absolute Gasteiger partial charge is 0.132 e. The molecule has 4 rings (SSSR count). The van der Waals surface area contributed by atoms with E-state index in [2.05, 4.69) is 45.5 Å². The SMILES string of the molecule is C[Si](C)(C)CCOCn1cnc(-c2cc(Cl)ccc2F)c1-c1ccc2ncc(Br)cc2n1. The normalized spacial score (nSPS) is 11.9. The highest BCUT2D eigenvalue weighted by Gasteiger charge is 2.20. The molecule has 0 saturated heterocycles. The van der Waals surface area contributed by atoms with Crippen LogP contribution in [-0.2, 0) is 11.5 Å². The predicted octanol–water partition coefficient (Wildman–Crippen LogP) is 7.03. The van der Waals surface area contributed by atoms with Gasteiger partial charge in [0.15, 0.2) is 0 Å². The van der Waals surface area contributed by atoms with Crippen molar-refractivity contribution in [3.8, 4) is 22.6 Å². The van der Waals surface area contributed by atoms with Crippen LogP contribution in [0, 0.1) is 5.82 Å². The van der Waals surface area contributed by atoms with E-state index < -0.39 is 13.9 Å². The lowest BCUT2D eigenvalue weighted by atomic mass is 10.1. The van der Waals surface area contributed by atoms with Gasteiger partial charge in [-0.2, -0.15) is 0 Å². The molecule has 0 aliphatic heterocycles. The number of pyridine rings is 2. The van der Waals surface area contributed by atoms with Gasteiger partial charge < -0.3 is 9.30 Å². The number of benzene rings is 1. The lowest BCUT2D eigenvalue weighted by Crippen LogP contribution is -2.22. The molecule has 0 fully saturated rings. The van der Waals surface area contributed by atoms with Crippen molar-refractivity contribution >= 4 is 46.6 Å². The quantitative estimate of drug-likeness (QED) is 0.189. The van der Waals surface area contributed by atoms with E-state index in [-0.39, 0.29) is 0 Å². The van der Waals surface area contributed by atoms with E-state index in [1.54, 1.807) is 18.6 Å². The van der Waals surface area contributed by atoms with Gasteiger partial charge in [-0.05, 0) is 58.4 Å². The summed E-state index contributed by atoms with van der Waals surface area (Å²) in [6, 6.07) is 11.2. The number of imidazole rings is 1. The van der Waals surface area contributed by atoms with Gasteiger partial charge in [-0.15, -0.1) is 0 Å². The van der Waals surface area contributed by atoms with Crippen molar-refractivity contribution in [1.29, 1.82) is 0 Å². The molecule has 4 aromatic rings. The largest absolute Gasteiger partial charge is 0.361 e. The molecule has 1 aromatic carbocycles. The van der Waals surface area contributed by atoms with Gasteiger partial charge in [-0.3, -0.25) is 4.98 Å². The molecule has 5 nitrogen and oxygen atoms in total. The second kappa shape index (κ2) is 9.39. The minimum Gasteiger partial charge on any atom is -0.361 e. The summed E-state index contributed by atoms with van der Waals surface area (Å²) in [5.74, 6) is -0.397. The average molecular weight is 534 g/mol. The summed E-state index contributed by atoms with van der Waals surface area (Å²) in [5, 5.41) is 0.438. The Bertz CT molecular complexity index is 1270. The van der Waals surface area contributed by atoms with Crippen molar-refractivity contribution in [3.63, 3.8) is 0 Å². The Kier molecular flexibility index (Phi) is 6.76. The first-order valence-electron chi connectivity index (χ1n) is 10.2. The van der Waals surface area contributed by atoms with Crippen LogP contribution in [0.25, 0.3) is 33.7 Å². The first kappa shape index (κ1) is 23.0. The molecule has 0 aliphatic carbocycles. The van der Waals surface area contributed by atoms with E-state index in [0.717, 1.165) is 21.6 Å². The first-order chi connectivity index (χ1) is 15.2. The number of fused-ring (bicyclic) bond motifs is 1. The molecular weight excluding hydrogens is 511 g/mol. The van der Waals surface area contributed by atoms with Gasteiger partial charge in [-0.1, -0.05) is 31.2 Å². The molecule has 3 heterocycles. The summed E-state index contributed by atoms with van der Waals surface area (Å²) in [5.41, 5.74) is 3.60. The predicted molar refractivity (Wildman–Crippen MR) is 133 cm³/mol. The second-order valence-corrected chi connectivity index (χ2v) is 15.7. The standard InChI is InChI=1S/C23H23BrClFN4OSi/c1-32(2,3)9-8-31-14-30-13-28-22(17-11-16(25)4-5-18(17)26)23(30)20-7-6-19-21(29-20)10-15(24)12-27-19/h4-7,10-13H,8-9,14H2,1-3H3. The Labute approximate surface area is 200 Å². The molecule has 0 amide bonds. The van der Waals surface area contributed by atoms with Gasteiger partial charge in [0.2, 0.25) is 0 Å². The van der Waals surface area contributed by atoms with Crippen LogP contribution in [0.2, 0.25) is 30.7 Å². The fourth-order valence-corrected chi connectivity index (χ4v) is 4.53. The molecule has 3 aromatic heterocycles. The van der Waals surface area contributed by atoms with Crippen LogP contribution in [0.4, 0.5) is 4.39 Å². The number of hydrogen-bond donors (Lipinski definition) is 0. The molecule has 9 heteroatoms.